The van der Waals surface area contributed by atoms with Crippen LogP contribution in [0.5, 0.6) is 0 Å². The minimum atomic E-state index is -0.380. The molecule has 0 atom stereocenters. The highest BCUT2D eigenvalue weighted by Crippen LogP contribution is 2.19. The highest BCUT2D eigenvalue weighted by Gasteiger charge is 2.07. The Morgan fingerprint density at radius 3 is 2.70 bits per heavy atom. The largest absolute Gasteiger partial charge is 0.329 e. The maximum Gasteiger partial charge on any atom is 0.255 e. The maximum atomic E-state index is 12.8. The van der Waals surface area contributed by atoms with Gasteiger partial charge in [-0.1, -0.05) is 0 Å². The first-order valence-electron chi connectivity index (χ1n) is 5.84. The number of nitrogens with zero attached hydrogens (tertiary/aromatic N) is 1. The summed E-state index contributed by atoms with van der Waals surface area (Å²) in [6.45, 7) is 0. The van der Waals surface area contributed by atoms with E-state index in [1.807, 2.05) is 0 Å². The molecule has 1 aromatic heterocycles. The molecule has 0 spiro atoms. The van der Waals surface area contributed by atoms with E-state index in [-0.39, 0.29) is 11.7 Å². The third-order valence-electron chi connectivity index (χ3n) is 2.82. The highest BCUT2D eigenvalue weighted by molar-refractivity contribution is 6.29. The Bertz CT molecular complexity index is 783. The maximum absolute atomic E-state index is 12.8. The molecule has 0 radical (unpaired) electrons. The van der Waals surface area contributed by atoms with Crippen molar-refractivity contribution in [2.45, 2.75) is 0 Å². The smallest absolute Gasteiger partial charge is 0.255 e. The van der Waals surface area contributed by atoms with Crippen molar-refractivity contribution in [2.24, 2.45) is 0 Å². The third kappa shape index (κ3) is 2.48. The molecule has 20 heavy (non-hydrogen) atoms. The standard InChI is InChI=1S/C14H9ClFN3O/c15-14-18-11-6-5-10(7-12(11)19-14)17-13(20)8-1-3-9(16)4-2-8/h1-7H,(H,17,20)(H,18,19). The molecule has 3 aromatic rings. The van der Waals surface area contributed by atoms with Gasteiger partial charge in [0.25, 0.3) is 5.91 Å². The fourth-order valence-corrected chi connectivity index (χ4v) is 2.05. The number of fused-ring (bicyclic) bond motifs is 1. The molecule has 0 aliphatic heterocycles. The van der Waals surface area contributed by atoms with Gasteiger partial charge in [-0.2, -0.15) is 0 Å². The number of benzene rings is 2. The summed E-state index contributed by atoms with van der Waals surface area (Å²) in [5.74, 6) is -0.690. The minimum Gasteiger partial charge on any atom is -0.329 e. The molecule has 0 aliphatic rings. The van der Waals surface area contributed by atoms with Gasteiger partial charge in [-0.15, -0.1) is 0 Å². The lowest BCUT2D eigenvalue weighted by atomic mass is 10.2. The van der Waals surface area contributed by atoms with E-state index < -0.39 is 0 Å². The molecule has 1 amide bonds. The second-order valence-electron chi connectivity index (χ2n) is 4.22. The summed E-state index contributed by atoms with van der Waals surface area (Å²) in [5, 5.41) is 3.02. The summed E-state index contributed by atoms with van der Waals surface area (Å²) in [6, 6.07) is 10.5. The third-order valence-corrected chi connectivity index (χ3v) is 3.00. The van der Waals surface area contributed by atoms with Crippen LogP contribution in [0, 0.1) is 5.82 Å². The molecule has 3 rings (SSSR count). The molecule has 0 fully saturated rings. The van der Waals surface area contributed by atoms with Gasteiger partial charge in [0, 0.05) is 11.3 Å². The molecule has 0 bridgehead atoms. The molecule has 1 heterocycles. The lowest BCUT2D eigenvalue weighted by Crippen LogP contribution is -2.11. The molecule has 100 valence electrons. The van der Waals surface area contributed by atoms with Crippen LogP contribution in [-0.4, -0.2) is 15.9 Å². The number of hydrogen-bond donors (Lipinski definition) is 2. The number of anilines is 1. The molecule has 0 aliphatic carbocycles. The molecule has 6 heteroatoms. The molecule has 0 saturated carbocycles. The van der Waals surface area contributed by atoms with Gasteiger partial charge in [0.1, 0.15) is 5.82 Å². The van der Waals surface area contributed by atoms with E-state index in [1.54, 1.807) is 18.2 Å². The average molecular weight is 290 g/mol. The Balaban J connectivity index is 1.84. The van der Waals surface area contributed by atoms with Gasteiger partial charge in [-0.05, 0) is 54.1 Å². The molecule has 2 N–H and O–H groups in total. The predicted octanol–water partition coefficient (Wildman–Crippen LogP) is 3.61. The summed E-state index contributed by atoms with van der Waals surface area (Å²) >= 11 is 5.76. The minimum absolute atomic E-state index is 0.294. The SMILES string of the molecule is O=C(Nc1ccc2nc(Cl)[nH]c2c1)c1ccc(F)cc1. The molecule has 4 nitrogen and oxygen atoms in total. The highest BCUT2D eigenvalue weighted by atomic mass is 35.5. The van der Waals surface area contributed by atoms with Crippen molar-refractivity contribution in [1.29, 1.82) is 0 Å². The Hall–Kier alpha value is -2.40. The molecular weight excluding hydrogens is 281 g/mol. The Morgan fingerprint density at radius 1 is 1.20 bits per heavy atom. The first kappa shape index (κ1) is 12.6. The van der Waals surface area contributed by atoms with E-state index in [4.69, 9.17) is 11.6 Å². The normalized spacial score (nSPS) is 10.7. The van der Waals surface area contributed by atoms with Crippen LogP contribution in [0.3, 0.4) is 0 Å². The Morgan fingerprint density at radius 2 is 1.95 bits per heavy atom. The number of hydrogen-bond acceptors (Lipinski definition) is 2. The van der Waals surface area contributed by atoms with Crippen LogP contribution in [0.15, 0.2) is 42.5 Å². The van der Waals surface area contributed by atoms with Crippen molar-refractivity contribution in [2.75, 3.05) is 5.32 Å². The van der Waals surface area contributed by atoms with Gasteiger partial charge in [0.05, 0.1) is 11.0 Å². The fourth-order valence-electron chi connectivity index (χ4n) is 1.86. The number of amides is 1. The summed E-state index contributed by atoms with van der Waals surface area (Å²) < 4.78 is 12.8. The number of carbonyl (C=O) groups excluding carboxylic acids is 1. The van der Waals surface area contributed by atoms with Gasteiger partial charge in [0.2, 0.25) is 5.28 Å². The van der Waals surface area contributed by atoms with Crippen molar-refractivity contribution in [1.82, 2.24) is 9.97 Å². The van der Waals surface area contributed by atoms with Gasteiger partial charge in [0.15, 0.2) is 0 Å². The van der Waals surface area contributed by atoms with Crippen LogP contribution >= 0.6 is 11.6 Å². The van der Waals surface area contributed by atoms with Gasteiger partial charge in [-0.3, -0.25) is 4.79 Å². The van der Waals surface area contributed by atoms with Crippen molar-refractivity contribution in [3.8, 4) is 0 Å². The van der Waals surface area contributed by atoms with E-state index in [1.165, 1.54) is 24.3 Å². The van der Waals surface area contributed by atoms with Crippen molar-refractivity contribution in [3.05, 3.63) is 59.1 Å². The average Bonchev–Trinajstić information content (AvgIpc) is 2.78. The summed E-state index contributed by atoms with van der Waals surface area (Å²) in [5.41, 5.74) is 2.43. The van der Waals surface area contributed by atoms with E-state index in [9.17, 15) is 9.18 Å². The number of imidazole rings is 1. The van der Waals surface area contributed by atoms with E-state index >= 15 is 0 Å². The number of H-pyrrole nitrogens is 1. The summed E-state index contributed by atoms with van der Waals surface area (Å²) in [7, 11) is 0. The molecular formula is C14H9ClFN3O. The number of aromatic nitrogens is 2. The lowest BCUT2D eigenvalue weighted by molar-refractivity contribution is 0.102. The van der Waals surface area contributed by atoms with Crippen LogP contribution in [0.4, 0.5) is 10.1 Å². The van der Waals surface area contributed by atoms with E-state index in [0.717, 1.165) is 11.0 Å². The summed E-state index contributed by atoms with van der Waals surface area (Å²) in [6.07, 6.45) is 0. The topological polar surface area (TPSA) is 57.8 Å². The fraction of sp³-hybridized carbons (Fsp3) is 0. The predicted molar refractivity (Wildman–Crippen MR) is 75.5 cm³/mol. The zero-order valence-electron chi connectivity index (χ0n) is 10.2. The van der Waals surface area contributed by atoms with Crippen LogP contribution < -0.4 is 5.32 Å². The van der Waals surface area contributed by atoms with Gasteiger partial charge in [-0.25, -0.2) is 9.37 Å². The van der Waals surface area contributed by atoms with E-state index in [2.05, 4.69) is 15.3 Å². The van der Waals surface area contributed by atoms with Crippen molar-refractivity contribution < 1.29 is 9.18 Å². The first-order chi connectivity index (χ1) is 9.61. The second-order valence-corrected chi connectivity index (χ2v) is 4.58. The lowest BCUT2D eigenvalue weighted by Gasteiger charge is -2.05. The number of rotatable bonds is 2. The zero-order valence-corrected chi connectivity index (χ0v) is 10.9. The summed E-state index contributed by atoms with van der Waals surface area (Å²) in [4.78, 5) is 18.9. The Labute approximate surface area is 118 Å². The van der Waals surface area contributed by atoms with Crippen LogP contribution in [0.2, 0.25) is 5.28 Å². The second kappa shape index (κ2) is 4.94. The molecule has 2 aromatic carbocycles. The monoisotopic (exact) mass is 289 g/mol. The van der Waals surface area contributed by atoms with Crippen molar-refractivity contribution in [3.63, 3.8) is 0 Å². The van der Waals surface area contributed by atoms with Gasteiger partial charge < -0.3 is 10.3 Å². The number of carbonyl (C=O) groups is 1. The quantitative estimate of drug-likeness (QED) is 0.757. The van der Waals surface area contributed by atoms with E-state index in [0.29, 0.717) is 16.5 Å². The zero-order chi connectivity index (χ0) is 14.1. The number of halogens is 2. The Kier molecular flexibility index (Phi) is 3.12. The molecule has 0 unspecified atom stereocenters. The van der Waals surface area contributed by atoms with Crippen LogP contribution in [-0.2, 0) is 0 Å². The van der Waals surface area contributed by atoms with Crippen LogP contribution in [0.25, 0.3) is 11.0 Å². The van der Waals surface area contributed by atoms with Gasteiger partial charge >= 0.3 is 0 Å². The first-order valence-corrected chi connectivity index (χ1v) is 6.22. The number of aromatic amines is 1. The molecule has 0 saturated heterocycles. The van der Waals surface area contributed by atoms with Crippen molar-refractivity contribution >= 4 is 34.2 Å². The number of nitrogens with one attached hydrogen (secondary N) is 2. The van der Waals surface area contributed by atoms with Crippen LogP contribution in [0.1, 0.15) is 10.4 Å².